The summed E-state index contributed by atoms with van der Waals surface area (Å²) in [5, 5.41) is 4.15. The number of amides is 3. The molecule has 3 heterocycles. The Hall–Kier alpha value is -2.51. The maximum Gasteiger partial charge on any atom is 0.317 e. The van der Waals surface area contributed by atoms with E-state index < -0.39 is 0 Å². The van der Waals surface area contributed by atoms with E-state index in [-0.39, 0.29) is 17.9 Å². The second-order valence-corrected chi connectivity index (χ2v) is 8.76. The van der Waals surface area contributed by atoms with Gasteiger partial charge in [0.15, 0.2) is 0 Å². The van der Waals surface area contributed by atoms with E-state index in [1.54, 1.807) is 17.2 Å². The zero-order valence-corrected chi connectivity index (χ0v) is 18.6. The van der Waals surface area contributed by atoms with Crippen molar-refractivity contribution >= 4 is 41.0 Å². The number of hydrogen-bond acceptors (Lipinski definition) is 4. The molecule has 9 heteroatoms. The first-order valence-electron chi connectivity index (χ1n) is 10.4. The normalized spacial score (nSPS) is 16.7. The first-order valence-corrected chi connectivity index (χ1v) is 11.2. The molecule has 31 heavy (non-hydrogen) atoms. The molecule has 0 radical (unpaired) electrons. The molecule has 0 aliphatic carbocycles. The van der Waals surface area contributed by atoms with Gasteiger partial charge in [-0.05, 0) is 42.5 Å². The van der Waals surface area contributed by atoms with E-state index in [2.05, 4.69) is 15.2 Å². The van der Waals surface area contributed by atoms with Crippen LogP contribution in [0.2, 0.25) is 10.0 Å². The standard InChI is InChI=1S/C22H25Cl2N5O2/c23-18-4-3-16-13-29(11-7-17(16)19(18)24)22(31)27-12-15-2-1-8-26-21(15)28-9-5-14(6-10-28)20(25)30/h1-4,8,14H,5-7,9-13H2,(H2,25,30)(H,27,31). The van der Waals surface area contributed by atoms with Gasteiger partial charge in [-0.15, -0.1) is 0 Å². The van der Waals surface area contributed by atoms with Gasteiger partial charge >= 0.3 is 6.03 Å². The highest BCUT2D eigenvalue weighted by atomic mass is 35.5. The van der Waals surface area contributed by atoms with Crippen LogP contribution in [-0.2, 0) is 24.3 Å². The molecule has 3 N–H and O–H groups in total. The number of anilines is 1. The maximum absolute atomic E-state index is 12.8. The molecule has 1 fully saturated rings. The quantitative estimate of drug-likeness (QED) is 0.729. The number of aromatic nitrogens is 1. The number of hydrogen-bond donors (Lipinski definition) is 2. The Labute approximate surface area is 191 Å². The highest BCUT2D eigenvalue weighted by Gasteiger charge is 2.26. The van der Waals surface area contributed by atoms with Gasteiger partial charge in [0, 0.05) is 50.4 Å². The van der Waals surface area contributed by atoms with Crippen LogP contribution in [0.3, 0.4) is 0 Å². The van der Waals surface area contributed by atoms with Crippen LogP contribution in [0.5, 0.6) is 0 Å². The number of fused-ring (bicyclic) bond motifs is 1. The summed E-state index contributed by atoms with van der Waals surface area (Å²) < 4.78 is 0. The van der Waals surface area contributed by atoms with Crippen molar-refractivity contribution in [2.24, 2.45) is 11.7 Å². The number of pyridine rings is 1. The van der Waals surface area contributed by atoms with Crippen LogP contribution in [0.4, 0.5) is 10.6 Å². The lowest BCUT2D eigenvalue weighted by atomic mass is 9.96. The average Bonchev–Trinajstić information content (AvgIpc) is 2.80. The van der Waals surface area contributed by atoms with E-state index in [9.17, 15) is 9.59 Å². The van der Waals surface area contributed by atoms with E-state index in [1.165, 1.54) is 0 Å². The van der Waals surface area contributed by atoms with Gasteiger partial charge in [-0.1, -0.05) is 35.3 Å². The lowest BCUT2D eigenvalue weighted by Gasteiger charge is -2.33. The number of halogens is 2. The van der Waals surface area contributed by atoms with Crippen LogP contribution in [0.1, 0.15) is 29.5 Å². The van der Waals surface area contributed by atoms with Gasteiger partial charge in [-0.2, -0.15) is 0 Å². The highest BCUT2D eigenvalue weighted by Crippen LogP contribution is 2.32. The summed E-state index contributed by atoms with van der Waals surface area (Å²) in [4.78, 5) is 32.7. The van der Waals surface area contributed by atoms with Crippen LogP contribution in [0, 0.1) is 5.92 Å². The molecular weight excluding hydrogens is 437 g/mol. The zero-order valence-electron chi connectivity index (χ0n) is 17.1. The molecule has 7 nitrogen and oxygen atoms in total. The molecule has 2 aliphatic rings. The second-order valence-electron chi connectivity index (χ2n) is 7.98. The fourth-order valence-corrected chi connectivity index (χ4v) is 4.72. The number of piperidine rings is 1. The minimum atomic E-state index is -0.236. The molecule has 164 valence electrons. The predicted molar refractivity (Wildman–Crippen MR) is 121 cm³/mol. The summed E-state index contributed by atoms with van der Waals surface area (Å²) in [6, 6.07) is 7.41. The second kappa shape index (κ2) is 9.32. The summed E-state index contributed by atoms with van der Waals surface area (Å²) >= 11 is 12.4. The average molecular weight is 462 g/mol. The van der Waals surface area contributed by atoms with Crippen LogP contribution < -0.4 is 16.0 Å². The highest BCUT2D eigenvalue weighted by molar-refractivity contribution is 6.42. The molecule has 4 rings (SSSR count). The van der Waals surface area contributed by atoms with E-state index in [4.69, 9.17) is 28.9 Å². The van der Waals surface area contributed by atoms with Crippen molar-refractivity contribution in [1.82, 2.24) is 15.2 Å². The lowest BCUT2D eigenvalue weighted by Crippen LogP contribution is -2.43. The van der Waals surface area contributed by atoms with Crippen LogP contribution in [-0.4, -0.2) is 41.5 Å². The van der Waals surface area contributed by atoms with E-state index in [0.717, 1.165) is 48.4 Å². The molecule has 3 amide bonds. The Balaban J connectivity index is 1.38. The third kappa shape index (κ3) is 4.72. The van der Waals surface area contributed by atoms with Crippen molar-refractivity contribution in [2.75, 3.05) is 24.5 Å². The summed E-state index contributed by atoms with van der Waals surface area (Å²) in [6.45, 7) is 2.90. The number of carbonyl (C=O) groups is 2. The van der Waals surface area contributed by atoms with E-state index in [1.807, 2.05) is 18.2 Å². The first-order chi connectivity index (χ1) is 14.9. The summed E-state index contributed by atoms with van der Waals surface area (Å²) in [6.07, 6.45) is 3.86. The van der Waals surface area contributed by atoms with Crippen molar-refractivity contribution in [1.29, 1.82) is 0 Å². The van der Waals surface area contributed by atoms with E-state index >= 15 is 0 Å². The minimum absolute atomic E-state index is 0.0755. The van der Waals surface area contributed by atoms with Gasteiger partial charge in [0.05, 0.1) is 10.0 Å². The van der Waals surface area contributed by atoms with Crippen LogP contribution >= 0.6 is 23.2 Å². The molecule has 2 aromatic rings. The van der Waals surface area contributed by atoms with Gasteiger partial charge in [-0.3, -0.25) is 4.79 Å². The molecule has 1 saturated heterocycles. The largest absolute Gasteiger partial charge is 0.369 e. The molecule has 0 spiro atoms. The Kier molecular flexibility index (Phi) is 6.53. The molecule has 1 aromatic heterocycles. The third-order valence-electron chi connectivity index (χ3n) is 6.07. The zero-order chi connectivity index (χ0) is 22.0. The maximum atomic E-state index is 12.8. The molecule has 0 unspecified atom stereocenters. The Bertz CT molecular complexity index is 992. The van der Waals surface area contributed by atoms with Gasteiger partial charge < -0.3 is 20.9 Å². The Morgan fingerprint density at radius 3 is 2.68 bits per heavy atom. The topological polar surface area (TPSA) is 91.6 Å². The number of carbonyl (C=O) groups excluding carboxylic acids is 2. The molecular formula is C22H25Cl2N5O2. The smallest absolute Gasteiger partial charge is 0.317 e. The number of urea groups is 1. The molecule has 0 bridgehead atoms. The van der Waals surface area contributed by atoms with Crippen molar-refractivity contribution in [3.05, 3.63) is 57.2 Å². The number of rotatable bonds is 4. The SMILES string of the molecule is NC(=O)C1CCN(c2ncccc2CNC(=O)N2CCc3c(ccc(Cl)c3Cl)C2)CC1. The molecule has 1 aromatic carbocycles. The summed E-state index contributed by atoms with van der Waals surface area (Å²) in [5.41, 5.74) is 8.43. The van der Waals surface area contributed by atoms with Crippen molar-refractivity contribution < 1.29 is 9.59 Å². The molecule has 0 saturated carbocycles. The minimum Gasteiger partial charge on any atom is -0.369 e. The Morgan fingerprint density at radius 2 is 1.94 bits per heavy atom. The molecule has 2 aliphatic heterocycles. The van der Waals surface area contributed by atoms with Crippen molar-refractivity contribution in [3.8, 4) is 0 Å². The van der Waals surface area contributed by atoms with Crippen molar-refractivity contribution in [2.45, 2.75) is 32.4 Å². The fourth-order valence-electron chi connectivity index (χ4n) is 4.27. The number of nitrogens with two attached hydrogens (primary N) is 1. The van der Waals surface area contributed by atoms with Gasteiger partial charge in [0.25, 0.3) is 0 Å². The first kappa shape index (κ1) is 21.7. The van der Waals surface area contributed by atoms with Gasteiger partial charge in [-0.25, -0.2) is 9.78 Å². The Morgan fingerprint density at radius 1 is 1.16 bits per heavy atom. The van der Waals surface area contributed by atoms with E-state index in [0.29, 0.717) is 36.1 Å². The van der Waals surface area contributed by atoms with Crippen LogP contribution in [0.25, 0.3) is 0 Å². The lowest BCUT2D eigenvalue weighted by molar-refractivity contribution is -0.122. The summed E-state index contributed by atoms with van der Waals surface area (Å²) in [5.74, 6) is 0.532. The predicted octanol–water partition coefficient (Wildman–Crippen LogP) is 3.36. The van der Waals surface area contributed by atoms with Gasteiger partial charge in [0.2, 0.25) is 5.91 Å². The van der Waals surface area contributed by atoms with Crippen molar-refractivity contribution in [3.63, 3.8) is 0 Å². The number of primary amides is 1. The molecule has 0 atom stereocenters. The number of benzene rings is 1. The van der Waals surface area contributed by atoms with Gasteiger partial charge in [0.1, 0.15) is 5.82 Å². The monoisotopic (exact) mass is 461 g/mol. The third-order valence-corrected chi connectivity index (χ3v) is 6.91. The number of nitrogens with one attached hydrogen (secondary N) is 1. The number of nitrogens with zero attached hydrogens (tertiary/aromatic N) is 3. The summed E-state index contributed by atoms with van der Waals surface area (Å²) in [7, 11) is 0. The van der Waals surface area contributed by atoms with Crippen LogP contribution in [0.15, 0.2) is 30.5 Å². The fraction of sp³-hybridized carbons (Fsp3) is 0.409.